The number of carbonyl (C=O) groups is 1. The van der Waals surface area contributed by atoms with Crippen molar-refractivity contribution in [1.82, 2.24) is 5.32 Å². The van der Waals surface area contributed by atoms with Gasteiger partial charge in [0.15, 0.2) is 0 Å². The minimum atomic E-state index is -0.331. The molecule has 0 aliphatic rings. The third kappa shape index (κ3) is 4.75. The third-order valence-corrected chi connectivity index (χ3v) is 2.78. The molecule has 0 saturated carbocycles. The number of rotatable bonds is 8. The number of hydrogen-bond acceptors (Lipinski definition) is 3. The number of nitrogens with two attached hydrogens (primary N) is 1. The van der Waals surface area contributed by atoms with Crippen LogP contribution < -0.4 is 15.8 Å². The standard InChI is InChI=1S/C14H22N2O2/c1-3-11-6-5-7-12(10-11)18-9-8-13(14(15)17)16-4-2/h5-7,10,13,16H,3-4,8-9H2,1-2H3,(H2,15,17). The molecule has 0 aliphatic heterocycles. The highest BCUT2D eigenvalue weighted by Gasteiger charge is 2.13. The van der Waals surface area contributed by atoms with Crippen LogP contribution in [0.4, 0.5) is 0 Å². The molecule has 1 atom stereocenters. The van der Waals surface area contributed by atoms with Crippen LogP contribution in [0.5, 0.6) is 5.75 Å². The molecular formula is C14H22N2O2. The van der Waals surface area contributed by atoms with Crippen LogP contribution in [0, 0.1) is 0 Å². The van der Waals surface area contributed by atoms with Crippen LogP contribution in [0.25, 0.3) is 0 Å². The molecule has 1 aromatic rings. The van der Waals surface area contributed by atoms with Crippen LogP contribution >= 0.6 is 0 Å². The molecule has 0 saturated heterocycles. The van der Waals surface area contributed by atoms with Gasteiger partial charge in [0.25, 0.3) is 0 Å². The van der Waals surface area contributed by atoms with E-state index in [-0.39, 0.29) is 11.9 Å². The van der Waals surface area contributed by atoms with Gasteiger partial charge in [-0.05, 0) is 30.7 Å². The Hall–Kier alpha value is -1.55. The molecule has 1 unspecified atom stereocenters. The molecule has 3 N–H and O–H groups in total. The van der Waals surface area contributed by atoms with E-state index >= 15 is 0 Å². The fourth-order valence-corrected chi connectivity index (χ4v) is 1.74. The largest absolute Gasteiger partial charge is 0.494 e. The van der Waals surface area contributed by atoms with Gasteiger partial charge in [0.05, 0.1) is 12.6 Å². The molecule has 0 heterocycles. The molecular weight excluding hydrogens is 228 g/mol. The minimum Gasteiger partial charge on any atom is -0.494 e. The summed E-state index contributed by atoms with van der Waals surface area (Å²) in [5, 5.41) is 3.04. The van der Waals surface area contributed by atoms with Gasteiger partial charge in [0.1, 0.15) is 5.75 Å². The van der Waals surface area contributed by atoms with Gasteiger partial charge in [0.2, 0.25) is 5.91 Å². The van der Waals surface area contributed by atoms with Crippen molar-refractivity contribution in [2.45, 2.75) is 32.7 Å². The molecule has 0 fully saturated rings. The molecule has 1 amide bonds. The number of ether oxygens (including phenoxy) is 1. The number of nitrogens with one attached hydrogen (secondary N) is 1. The second-order valence-corrected chi connectivity index (χ2v) is 4.15. The quantitative estimate of drug-likeness (QED) is 0.734. The highest BCUT2D eigenvalue weighted by Crippen LogP contribution is 2.14. The fourth-order valence-electron chi connectivity index (χ4n) is 1.74. The minimum absolute atomic E-state index is 0.315. The molecule has 0 bridgehead atoms. The molecule has 0 aliphatic carbocycles. The van der Waals surface area contributed by atoms with Crippen molar-refractivity contribution in [3.63, 3.8) is 0 Å². The zero-order valence-electron chi connectivity index (χ0n) is 11.1. The third-order valence-electron chi connectivity index (χ3n) is 2.78. The van der Waals surface area contributed by atoms with Crippen molar-refractivity contribution in [1.29, 1.82) is 0 Å². The maximum atomic E-state index is 11.1. The van der Waals surface area contributed by atoms with Gasteiger partial charge in [-0.25, -0.2) is 0 Å². The van der Waals surface area contributed by atoms with Gasteiger partial charge in [-0.3, -0.25) is 4.79 Å². The van der Waals surface area contributed by atoms with E-state index in [1.54, 1.807) is 0 Å². The SMILES string of the molecule is CCNC(CCOc1cccc(CC)c1)C(N)=O. The Balaban J connectivity index is 2.42. The van der Waals surface area contributed by atoms with Crippen LogP contribution in [0.1, 0.15) is 25.8 Å². The van der Waals surface area contributed by atoms with Gasteiger partial charge < -0.3 is 15.8 Å². The monoisotopic (exact) mass is 250 g/mol. The lowest BCUT2D eigenvalue weighted by Gasteiger charge is -2.14. The predicted molar refractivity (Wildman–Crippen MR) is 72.6 cm³/mol. The Morgan fingerprint density at radius 2 is 2.22 bits per heavy atom. The molecule has 0 spiro atoms. The van der Waals surface area contributed by atoms with E-state index in [4.69, 9.17) is 10.5 Å². The normalized spacial score (nSPS) is 12.1. The highest BCUT2D eigenvalue weighted by atomic mass is 16.5. The van der Waals surface area contributed by atoms with Crippen molar-refractivity contribution in [3.05, 3.63) is 29.8 Å². The summed E-state index contributed by atoms with van der Waals surface area (Å²) in [6.07, 6.45) is 1.57. The lowest BCUT2D eigenvalue weighted by atomic mass is 10.1. The molecule has 100 valence electrons. The molecule has 4 heteroatoms. The molecule has 1 aromatic carbocycles. The number of benzene rings is 1. The Morgan fingerprint density at radius 3 is 2.83 bits per heavy atom. The first-order valence-electron chi connectivity index (χ1n) is 6.41. The van der Waals surface area contributed by atoms with E-state index in [0.29, 0.717) is 13.0 Å². The number of primary amides is 1. The van der Waals surface area contributed by atoms with Crippen LogP contribution in [-0.4, -0.2) is 25.1 Å². The summed E-state index contributed by atoms with van der Waals surface area (Å²) in [7, 11) is 0. The summed E-state index contributed by atoms with van der Waals surface area (Å²) in [5.74, 6) is 0.511. The van der Waals surface area contributed by atoms with Crippen molar-refractivity contribution < 1.29 is 9.53 Å². The second kappa shape index (κ2) is 7.71. The molecule has 0 aromatic heterocycles. The van der Waals surface area contributed by atoms with E-state index in [1.807, 2.05) is 25.1 Å². The average Bonchev–Trinajstić information content (AvgIpc) is 2.38. The van der Waals surface area contributed by atoms with Gasteiger partial charge in [-0.15, -0.1) is 0 Å². The zero-order valence-corrected chi connectivity index (χ0v) is 11.1. The first kappa shape index (κ1) is 14.5. The summed E-state index contributed by atoms with van der Waals surface area (Å²) >= 11 is 0. The summed E-state index contributed by atoms with van der Waals surface area (Å²) in [5.41, 5.74) is 6.53. The Morgan fingerprint density at radius 1 is 1.44 bits per heavy atom. The average molecular weight is 250 g/mol. The Kier molecular flexibility index (Phi) is 6.22. The smallest absolute Gasteiger partial charge is 0.234 e. The maximum Gasteiger partial charge on any atom is 0.234 e. The van der Waals surface area contributed by atoms with E-state index < -0.39 is 0 Å². The zero-order chi connectivity index (χ0) is 13.4. The van der Waals surface area contributed by atoms with E-state index in [0.717, 1.165) is 18.7 Å². The van der Waals surface area contributed by atoms with Gasteiger partial charge in [0, 0.05) is 6.42 Å². The van der Waals surface area contributed by atoms with Gasteiger partial charge in [-0.2, -0.15) is 0 Å². The molecule has 18 heavy (non-hydrogen) atoms. The number of carbonyl (C=O) groups excluding carboxylic acids is 1. The van der Waals surface area contributed by atoms with Crippen LogP contribution in [0.3, 0.4) is 0 Å². The summed E-state index contributed by atoms with van der Waals surface area (Å²) < 4.78 is 5.63. The second-order valence-electron chi connectivity index (χ2n) is 4.15. The van der Waals surface area contributed by atoms with Crippen LogP contribution in [0.2, 0.25) is 0 Å². The van der Waals surface area contributed by atoms with Crippen molar-refractivity contribution in [2.24, 2.45) is 5.73 Å². The Bertz CT molecular complexity index is 380. The lowest BCUT2D eigenvalue weighted by molar-refractivity contribution is -0.120. The first-order chi connectivity index (χ1) is 8.67. The van der Waals surface area contributed by atoms with Crippen LogP contribution in [-0.2, 0) is 11.2 Å². The number of likely N-dealkylation sites (N-methyl/N-ethyl adjacent to an activating group) is 1. The van der Waals surface area contributed by atoms with Crippen molar-refractivity contribution in [2.75, 3.05) is 13.2 Å². The molecule has 0 radical (unpaired) electrons. The summed E-state index contributed by atoms with van der Waals surface area (Å²) in [6.45, 7) is 5.25. The first-order valence-corrected chi connectivity index (χ1v) is 6.41. The number of hydrogen-bond donors (Lipinski definition) is 2. The van der Waals surface area contributed by atoms with E-state index in [2.05, 4.69) is 18.3 Å². The van der Waals surface area contributed by atoms with Gasteiger partial charge in [-0.1, -0.05) is 26.0 Å². The maximum absolute atomic E-state index is 11.1. The predicted octanol–water partition coefficient (Wildman–Crippen LogP) is 1.48. The topological polar surface area (TPSA) is 64.3 Å². The van der Waals surface area contributed by atoms with Crippen molar-refractivity contribution in [3.8, 4) is 5.75 Å². The van der Waals surface area contributed by atoms with Crippen molar-refractivity contribution >= 4 is 5.91 Å². The summed E-state index contributed by atoms with van der Waals surface area (Å²) in [4.78, 5) is 11.1. The lowest BCUT2D eigenvalue weighted by Crippen LogP contribution is -2.42. The van der Waals surface area contributed by atoms with Crippen LogP contribution in [0.15, 0.2) is 24.3 Å². The van der Waals surface area contributed by atoms with Gasteiger partial charge >= 0.3 is 0 Å². The number of amides is 1. The number of aryl methyl sites for hydroxylation is 1. The Labute approximate surface area is 109 Å². The summed E-state index contributed by atoms with van der Waals surface area (Å²) in [6, 6.07) is 7.67. The fraction of sp³-hybridized carbons (Fsp3) is 0.500. The molecule has 1 rings (SSSR count). The molecule has 4 nitrogen and oxygen atoms in total. The van der Waals surface area contributed by atoms with E-state index in [1.165, 1.54) is 5.56 Å². The van der Waals surface area contributed by atoms with E-state index in [9.17, 15) is 4.79 Å². The highest BCUT2D eigenvalue weighted by molar-refractivity contribution is 5.79.